The molecule has 4 fully saturated rings. The van der Waals surface area contributed by atoms with E-state index >= 15 is 0 Å². The molecule has 448 valence electrons. The number of benzene rings is 4. The summed E-state index contributed by atoms with van der Waals surface area (Å²) in [6.45, 7) is 19.9. The molecule has 4 aliphatic rings. The van der Waals surface area contributed by atoms with E-state index < -0.39 is 64.7 Å². The van der Waals surface area contributed by atoms with E-state index in [4.69, 9.17) is 14.2 Å². The van der Waals surface area contributed by atoms with Crippen LogP contribution in [-0.4, -0.2) is 134 Å². The molecule has 3 N–H and O–H groups in total. The van der Waals surface area contributed by atoms with E-state index in [9.17, 15) is 33.6 Å². The van der Waals surface area contributed by atoms with Crippen LogP contribution in [0.15, 0.2) is 97.1 Å². The van der Waals surface area contributed by atoms with Crippen LogP contribution in [-0.2, 0) is 56.2 Å². The monoisotopic (exact) mass is 1170 g/mol. The molecule has 8 rings (SSSR count). The second-order valence-electron chi connectivity index (χ2n) is 25.4. The molecule has 4 aromatic carbocycles. The molecule has 1 unspecified atom stereocenters. The van der Waals surface area contributed by atoms with Crippen molar-refractivity contribution in [3.8, 4) is 0 Å². The third-order valence-corrected chi connectivity index (χ3v) is 19.3. The zero-order chi connectivity index (χ0) is 60.0. The van der Waals surface area contributed by atoms with Gasteiger partial charge in [0.2, 0.25) is 29.5 Å². The van der Waals surface area contributed by atoms with Crippen molar-refractivity contribution in [1.29, 1.82) is 0 Å². The van der Waals surface area contributed by atoms with Crippen LogP contribution in [0.1, 0.15) is 142 Å². The highest BCUT2D eigenvalue weighted by Crippen LogP contribution is 2.48. The summed E-state index contributed by atoms with van der Waals surface area (Å²) in [6.07, 6.45) is 2.36. The summed E-state index contributed by atoms with van der Waals surface area (Å²) in [5.74, 6) is -0.625. The van der Waals surface area contributed by atoms with E-state index in [1.807, 2.05) is 114 Å². The van der Waals surface area contributed by atoms with Gasteiger partial charge in [0.05, 0.1) is 49.3 Å². The van der Waals surface area contributed by atoms with E-state index in [0.717, 1.165) is 33.0 Å². The van der Waals surface area contributed by atoms with Gasteiger partial charge in [0.15, 0.2) is 5.78 Å². The molecule has 83 heavy (non-hydrogen) atoms. The van der Waals surface area contributed by atoms with Gasteiger partial charge in [-0.05, 0) is 127 Å². The minimum atomic E-state index is -0.904. The summed E-state index contributed by atoms with van der Waals surface area (Å²) in [7, 11) is 1.50. The lowest BCUT2D eigenvalue weighted by atomic mass is 9.79. The summed E-state index contributed by atoms with van der Waals surface area (Å²) in [5, 5.41) is 10.8. The molecule has 0 spiro atoms. The van der Waals surface area contributed by atoms with Crippen LogP contribution in [0.25, 0.3) is 10.8 Å². The molecule has 4 aromatic rings. The molecule has 0 bridgehead atoms. The lowest BCUT2D eigenvalue weighted by Crippen LogP contribution is -2.57. The maximum absolute atomic E-state index is 14.8. The summed E-state index contributed by atoms with van der Waals surface area (Å²) in [4.78, 5) is 102. The lowest BCUT2D eigenvalue weighted by Gasteiger charge is -2.35. The quantitative estimate of drug-likeness (QED) is 0.0716. The molecular weight excluding hydrogens is 1090 g/mol. The fraction of sp³-hybridized carbons (Fsp3) is 0.554. The summed E-state index contributed by atoms with van der Waals surface area (Å²) in [6, 6.07) is 27.6. The van der Waals surface area contributed by atoms with Crippen LogP contribution in [0, 0.1) is 16.7 Å². The van der Waals surface area contributed by atoms with E-state index in [-0.39, 0.29) is 71.6 Å². The van der Waals surface area contributed by atoms with Crippen molar-refractivity contribution in [2.24, 2.45) is 16.7 Å². The molecule has 4 saturated heterocycles. The highest BCUT2D eigenvalue weighted by molar-refractivity contribution is 8.00. The van der Waals surface area contributed by atoms with Crippen molar-refractivity contribution >= 4 is 75.7 Å². The highest BCUT2D eigenvalue weighted by atomic mass is 32.2. The van der Waals surface area contributed by atoms with Crippen LogP contribution in [0.2, 0.25) is 0 Å². The van der Waals surface area contributed by atoms with Crippen molar-refractivity contribution in [1.82, 2.24) is 30.7 Å². The van der Waals surface area contributed by atoms with Crippen LogP contribution in [0.4, 0.5) is 4.79 Å². The van der Waals surface area contributed by atoms with Gasteiger partial charge in [-0.1, -0.05) is 126 Å². The second-order valence-corrected chi connectivity index (χ2v) is 28.0. The fourth-order valence-electron chi connectivity index (χ4n) is 11.9. The Bertz CT molecular complexity index is 2970. The van der Waals surface area contributed by atoms with Crippen LogP contribution >= 0.6 is 23.5 Å². The Hall–Kier alpha value is -5.95. The Morgan fingerprint density at radius 1 is 0.687 bits per heavy atom. The second kappa shape index (κ2) is 27.0. The number of carbonyl (C=O) groups excluding carboxylic acids is 7. The standard InChI is InChI=1S/C65H86N6O10S2/c1-12-40(2)57(73)66-49-27-29-83-54-35-65(9,10)56(71(54)61(49)77)59(75)68-51(45-21-17-14-18-22-45)39-80-37-43-24-26-46-31-42(23-25-47(46)32-43)36-79-38-48(44-19-15-13-16-20-44)33-52(72)55-64(7,8)34-53-70(55)60(76)50(28-30-82-53)67-58(74)41(3)69(11)62(78)81-63(4,5)6/h13-26,31-32,40-41,48-51,53-56H,12,27-30,33-39H2,1-11H3,(H,66,73)(H,67,74)(H,68,75)/t40-,41+,48-,49+,50+,51-,53+,54+,55-,56?/m1/s1. The van der Waals surface area contributed by atoms with Gasteiger partial charge in [-0.25, -0.2) is 4.79 Å². The molecule has 18 heteroatoms. The molecule has 16 nitrogen and oxygen atoms in total. The van der Waals surface area contributed by atoms with Crippen molar-refractivity contribution in [3.63, 3.8) is 0 Å². The first-order chi connectivity index (χ1) is 39.3. The molecule has 0 aromatic heterocycles. The number of rotatable bonds is 21. The first-order valence-electron chi connectivity index (χ1n) is 29.4. The average Bonchev–Trinajstić information content (AvgIpc) is 2.13. The Morgan fingerprint density at radius 2 is 1.18 bits per heavy atom. The van der Waals surface area contributed by atoms with Gasteiger partial charge >= 0.3 is 6.09 Å². The van der Waals surface area contributed by atoms with Crippen molar-refractivity contribution in [3.05, 3.63) is 119 Å². The maximum Gasteiger partial charge on any atom is 0.410 e. The first kappa shape index (κ1) is 63.1. The number of nitrogens with one attached hydrogen (secondary N) is 3. The Morgan fingerprint density at radius 3 is 1.71 bits per heavy atom. The van der Waals surface area contributed by atoms with Gasteiger partial charge in [0.1, 0.15) is 29.8 Å². The van der Waals surface area contributed by atoms with Crippen molar-refractivity contribution in [2.75, 3.05) is 31.8 Å². The number of hydrogen-bond acceptors (Lipinski definition) is 12. The Balaban J connectivity index is 0.886. The Labute approximate surface area is 499 Å². The number of likely N-dealkylation sites (N-methyl/N-ethyl adjacent to an activating group) is 1. The number of fused-ring (bicyclic) bond motifs is 3. The average molecular weight is 1180 g/mol. The Kier molecular flexibility index (Phi) is 20.5. The van der Waals surface area contributed by atoms with Gasteiger partial charge in [-0.2, -0.15) is 0 Å². The van der Waals surface area contributed by atoms with Gasteiger partial charge in [-0.15, -0.1) is 23.5 Å². The minimum Gasteiger partial charge on any atom is -0.444 e. The zero-order valence-corrected chi connectivity index (χ0v) is 51.9. The zero-order valence-electron chi connectivity index (χ0n) is 50.2. The molecular formula is C65H86N6O10S2. The summed E-state index contributed by atoms with van der Waals surface area (Å²) >= 11 is 3.31. The molecule has 4 aliphatic heterocycles. The van der Waals surface area contributed by atoms with Gasteiger partial charge in [-0.3, -0.25) is 33.7 Å². The van der Waals surface area contributed by atoms with Crippen molar-refractivity contribution in [2.45, 2.75) is 179 Å². The van der Waals surface area contributed by atoms with E-state index in [1.165, 1.54) is 11.9 Å². The van der Waals surface area contributed by atoms with E-state index in [2.05, 4.69) is 40.2 Å². The largest absolute Gasteiger partial charge is 0.444 e. The summed E-state index contributed by atoms with van der Waals surface area (Å²) < 4.78 is 18.3. The topological polar surface area (TPSA) is 193 Å². The molecule has 10 atom stereocenters. The number of nitrogens with zero attached hydrogens (tertiary/aromatic N) is 3. The first-order valence-corrected chi connectivity index (χ1v) is 31.5. The predicted molar refractivity (Wildman–Crippen MR) is 326 cm³/mol. The summed E-state index contributed by atoms with van der Waals surface area (Å²) in [5.41, 5.74) is 1.98. The SMILES string of the molecule is CC[C@@H](C)C(=O)N[C@H]1CCS[C@H]2CC(C)(C)C(C(=O)N[C@H](COCc3ccc4cc(COC[C@@H](CC(=O)[C@H]5N6C(=O)[C@@H](NC(=O)[C@H](C)N(C)C(=O)OC(C)(C)C)CCS[C@H]6CC5(C)C)c5ccccc5)ccc4c3)c3ccccc3)N2C1=O. The van der Waals surface area contributed by atoms with Crippen LogP contribution in [0.5, 0.6) is 0 Å². The third kappa shape index (κ3) is 15.3. The number of hydrogen-bond donors (Lipinski definition) is 3. The smallest absolute Gasteiger partial charge is 0.410 e. The van der Waals surface area contributed by atoms with Gasteiger partial charge < -0.3 is 40.0 Å². The van der Waals surface area contributed by atoms with Crippen LogP contribution in [0.3, 0.4) is 0 Å². The number of thioether (sulfide) groups is 2. The predicted octanol–water partition coefficient (Wildman–Crippen LogP) is 9.92. The number of ketones is 1. The number of Topliss-reactive ketones (excluding diaryl/α,β-unsaturated/α-hetero) is 1. The molecule has 4 heterocycles. The highest BCUT2D eigenvalue weighted by Gasteiger charge is 2.56. The minimum absolute atomic E-state index is 0.0602. The third-order valence-electron chi connectivity index (χ3n) is 16.8. The van der Waals surface area contributed by atoms with E-state index in [0.29, 0.717) is 56.8 Å². The maximum atomic E-state index is 14.8. The number of amides is 6. The molecule has 0 radical (unpaired) electrons. The fourth-order valence-corrected chi connectivity index (χ4v) is 15.1. The molecule has 0 aliphatic carbocycles. The lowest BCUT2D eigenvalue weighted by molar-refractivity contribution is -0.144. The number of carbonyl (C=O) groups is 7. The molecule has 0 saturated carbocycles. The molecule has 6 amide bonds. The number of ether oxygens (including phenoxy) is 3. The van der Waals surface area contributed by atoms with Gasteiger partial charge in [0.25, 0.3) is 0 Å². The van der Waals surface area contributed by atoms with Crippen molar-refractivity contribution < 1.29 is 47.8 Å². The van der Waals surface area contributed by atoms with Crippen LogP contribution < -0.4 is 16.0 Å². The normalized spacial score (nSPS) is 23.6. The van der Waals surface area contributed by atoms with E-state index in [1.54, 1.807) is 61.0 Å². The van der Waals surface area contributed by atoms with Gasteiger partial charge in [0, 0.05) is 25.3 Å².